The van der Waals surface area contributed by atoms with Crippen LogP contribution in [-0.2, 0) is 0 Å². The minimum absolute atomic E-state index is 0.0639. The summed E-state index contributed by atoms with van der Waals surface area (Å²) in [6.07, 6.45) is 0. The molecule has 0 saturated heterocycles. The van der Waals surface area contributed by atoms with Gasteiger partial charge in [-0.1, -0.05) is 12.1 Å². The molecule has 0 radical (unpaired) electrons. The summed E-state index contributed by atoms with van der Waals surface area (Å²) in [7, 11) is 0. The zero-order valence-electron chi connectivity index (χ0n) is 10.4. The Hall–Kier alpha value is -2.15. The summed E-state index contributed by atoms with van der Waals surface area (Å²) in [6, 6.07) is 10.6. The number of ether oxygens (including phenoxy) is 1. The van der Waals surface area contributed by atoms with Crippen LogP contribution < -0.4 is 10.1 Å². The monoisotopic (exact) mass is 311 g/mol. The molecule has 1 N–H and O–H groups in total. The number of anilines is 1. The number of nitrogens with one attached hydrogen (secondary N) is 1. The second-order valence-corrected chi connectivity index (χ2v) is 5.40. The predicted octanol–water partition coefficient (Wildman–Crippen LogP) is 4.66. The number of thioether (sulfide) groups is 1. The van der Waals surface area contributed by atoms with Gasteiger partial charge in [0.1, 0.15) is 5.75 Å². The van der Waals surface area contributed by atoms with Crippen LogP contribution in [0.15, 0.2) is 47.4 Å². The first-order valence-electron chi connectivity index (χ1n) is 5.90. The van der Waals surface area contributed by atoms with Gasteiger partial charge in [0.15, 0.2) is 5.75 Å². The van der Waals surface area contributed by atoms with Crippen LogP contribution in [0.2, 0.25) is 0 Å². The van der Waals surface area contributed by atoms with E-state index >= 15 is 0 Å². The third kappa shape index (κ3) is 2.97. The van der Waals surface area contributed by atoms with Gasteiger partial charge in [-0.2, -0.15) is 13.2 Å². The summed E-state index contributed by atoms with van der Waals surface area (Å²) < 4.78 is 42.8. The lowest BCUT2D eigenvalue weighted by molar-refractivity contribution is -0.0328. The highest BCUT2D eigenvalue weighted by Crippen LogP contribution is 2.41. The Morgan fingerprint density at radius 2 is 1.81 bits per heavy atom. The van der Waals surface area contributed by atoms with E-state index in [0.29, 0.717) is 11.4 Å². The van der Waals surface area contributed by atoms with Crippen molar-refractivity contribution in [2.45, 2.75) is 10.4 Å². The van der Waals surface area contributed by atoms with Gasteiger partial charge in [-0.3, -0.25) is 4.79 Å². The van der Waals surface area contributed by atoms with E-state index < -0.39 is 11.4 Å². The molecule has 0 fully saturated rings. The van der Waals surface area contributed by atoms with Crippen LogP contribution in [0.5, 0.6) is 11.5 Å². The average molecular weight is 311 g/mol. The summed E-state index contributed by atoms with van der Waals surface area (Å²) in [5, 5.41) is 2.61. The fourth-order valence-electron chi connectivity index (χ4n) is 1.94. The number of carbonyl (C=O) groups excluding carboxylic acids is 1. The van der Waals surface area contributed by atoms with Crippen LogP contribution in [0, 0.1) is 0 Å². The van der Waals surface area contributed by atoms with E-state index in [2.05, 4.69) is 5.32 Å². The quantitative estimate of drug-likeness (QED) is 0.779. The minimum atomic E-state index is -4.40. The maximum atomic E-state index is 12.4. The molecule has 2 aromatic rings. The lowest BCUT2D eigenvalue weighted by Gasteiger charge is -2.09. The first-order chi connectivity index (χ1) is 9.92. The number of fused-ring (bicyclic) bond motifs is 2. The third-order valence-corrected chi connectivity index (χ3v) is 3.51. The van der Waals surface area contributed by atoms with Crippen molar-refractivity contribution < 1.29 is 22.7 Å². The lowest BCUT2D eigenvalue weighted by atomic mass is 10.2. The summed E-state index contributed by atoms with van der Waals surface area (Å²) in [4.78, 5) is 12.0. The molecular formula is C14H8F3NO2S. The highest BCUT2D eigenvalue weighted by atomic mass is 32.2. The molecule has 0 spiro atoms. The van der Waals surface area contributed by atoms with Crippen LogP contribution >= 0.6 is 11.8 Å². The third-order valence-electron chi connectivity index (χ3n) is 2.78. The lowest BCUT2D eigenvalue weighted by Crippen LogP contribution is -2.10. The van der Waals surface area contributed by atoms with Crippen molar-refractivity contribution in [3.8, 4) is 11.5 Å². The molecule has 1 heterocycles. The van der Waals surface area contributed by atoms with Crippen molar-refractivity contribution in [3.63, 3.8) is 0 Å². The Morgan fingerprint density at radius 3 is 2.57 bits per heavy atom. The van der Waals surface area contributed by atoms with Gasteiger partial charge in [0.05, 0.1) is 11.3 Å². The highest BCUT2D eigenvalue weighted by molar-refractivity contribution is 8.00. The maximum Gasteiger partial charge on any atom is 0.446 e. The minimum Gasteiger partial charge on any atom is -0.454 e. The van der Waals surface area contributed by atoms with Crippen LogP contribution in [0.3, 0.4) is 0 Å². The van der Waals surface area contributed by atoms with Gasteiger partial charge in [-0.15, -0.1) is 0 Å². The number of halogens is 3. The van der Waals surface area contributed by atoms with Crippen molar-refractivity contribution in [3.05, 3.63) is 48.0 Å². The molecule has 0 atom stereocenters. The van der Waals surface area contributed by atoms with Crippen LogP contribution in [0.1, 0.15) is 10.4 Å². The summed E-state index contributed by atoms with van der Waals surface area (Å²) in [5.74, 6) is 0.171. The SMILES string of the molecule is O=C1Nc2ccccc2Oc2ccc(SC(F)(F)F)cc21. The first-order valence-corrected chi connectivity index (χ1v) is 6.72. The van der Waals surface area contributed by atoms with Crippen molar-refractivity contribution in [2.75, 3.05) is 5.32 Å². The molecule has 7 heteroatoms. The fraction of sp³-hybridized carbons (Fsp3) is 0.0714. The second kappa shape index (κ2) is 5.00. The Labute approximate surface area is 122 Å². The first kappa shape index (κ1) is 13.8. The molecule has 108 valence electrons. The Balaban J connectivity index is 2.00. The summed E-state index contributed by atoms with van der Waals surface area (Å²) in [6.45, 7) is 0. The molecule has 0 aromatic heterocycles. The standard InChI is InChI=1S/C14H8F3NO2S/c15-14(16,17)21-8-5-6-11-9(7-8)13(19)18-10-3-1-2-4-12(10)20-11/h1-7H,(H,18,19). The van der Waals surface area contributed by atoms with E-state index in [1.165, 1.54) is 18.2 Å². The Bertz CT molecular complexity index is 716. The molecule has 0 saturated carbocycles. The van der Waals surface area contributed by atoms with E-state index in [4.69, 9.17) is 4.74 Å². The molecule has 1 amide bonds. The van der Waals surface area contributed by atoms with Gasteiger partial charge >= 0.3 is 5.51 Å². The van der Waals surface area contributed by atoms with Gasteiger partial charge in [0, 0.05) is 4.90 Å². The molecule has 0 aliphatic carbocycles. The summed E-state index contributed by atoms with van der Waals surface area (Å²) >= 11 is -0.269. The van der Waals surface area contributed by atoms with Gasteiger partial charge in [0.25, 0.3) is 5.91 Å². The number of para-hydroxylation sites is 2. The van der Waals surface area contributed by atoms with E-state index in [-0.39, 0.29) is 28.0 Å². The molecule has 1 aliphatic heterocycles. The van der Waals surface area contributed by atoms with Crippen molar-refractivity contribution in [2.24, 2.45) is 0 Å². The second-order valence-electron chi connectivity index (χ2n) is 4.26. The average Bonchev–Trinajstić information content (AvgIpc) is 2.53. The zero-order valence-corrected chi connectivity index (χ0v) is 11.2. The maximum absolute atomic E-state index is 12.4. The van der Waals surface area contributed by atoms with Gasteiger partial charge in [0.2, 0.25) is 0 Å². The van der Waals surface area contributed by atoms with E-state index in [1.807, 2.05) is 0 Å². The molecule has 0 unspecified atom stereocenters. The molecule has 3 rings (SSSR count). The molecule has 21 heavy (non-hydrogen) atoms. The number of rotatable bonds is 1. The Morgan fingerprint density at radius 1 is 1.05 bits per heavy atom. The van der Waals surface area contributed by atoms with E-state index in [0.717, 1.165) is 0 Å². The van der Waals surface area contributed by atoms with Crippen molar-refractivity contribution in [1.29, 1.82) is 0 Å². The molecule has 2 aromatic carbocycles. The predicted molar refractivity (Wildman–Crippen MR) is 72.8 cm³/mol. The van der Waals surface area contributed by atoms with Gasteiger partial charge < -0.3 is 10.1 Å². The van der Waals surface area contributed by atoms with Crippen molar-refractivity contribution >= 4 is 23.4 Å². The topological polar surface area (TPSA) is 38.3 Å². The Kier molecular flexibility index (Phi) is 3.29. The molecule has 0 bridgehead atoms. The number of amides is 1. The molecule has 1 aliphatic rings. The number of carbonyl (C=O) groups is 1. The van der Waals surface area contributed by atoms with Crippen LogP contribution in [0.4, 0.5) is 18.9 Å². The van der Waals surface area contributed by atoms with Crippen LogP contribution in [0.25, 0.3) is 0 Å². The van der Waals surface area contributed by atoms with Crippen LogP contribution in [-0.4, -0.2) is 11.4 Å². The summed E-state index contributed by atoms with van der Waals surface area (Å²) in [5.41, 5.74) is -3.86. The van der Waals surface area contributed by atoms with E-state index in [1.54, 1.807) is 24.3 Å². The molecular weight excluding hydrogens is 303 g/mol. The zero-order chi connectivity index (χ0) is 15.0. The van der Waals surface area contributed by atoms with Gasteiger partial charge in [-0.05, 0) is 42.1 Å². The number of benzene rings is 2. The highest BCUT2D eigenvalue weighted by Gasteiger charge is 2.30. The number of hydrogen-bond acceptors (Lipinski definition) is 3. The largest absolute Gasteiger partial charge is 0.454 e. The van der Waals surface area contributed by atoms with Crippen molar-refractivity contribution in [1.82, 2.24) is 0 Å². The number of hydrogen-bond donors (Lipinski definition) is 1. The number of alkyl halides is 3. The van der Waals surface area contributed by atoms with Gasteiger partial charge in [-0.25, -0.2) is 0 Å². The smallest absolute Gasteiger partial charge is 0.446 e. The normalized spacial score (nSPS) is 13.6. The fourth-order valence-corrected chi connectivity index (χ4v) is 2.52. The van der Waals surface area contributed by atoms with E-state index in [9.17, 15) is 18.0 Å². The molecule has 3 nitrogen and oxygen atoms in total.